The van der Waals surface area contributed by atoms with Crippen molar-refractivity contribution in [2.45, 2.75) is 45.7 Å². The highest BCUT2D eigenvalue weighted by Crippen LogP contribution is 2.29. The molecule has 2 atom stereocenters. The summed E-state index contributed by atoms with van der Waals surface area (Å²) in [6.07, 6.45) is -0.00520. The Morgan fingerprint density at radius 1 is 1.22 bits per heavy atom. The number of rotatable bonds is 4. The molecule has 0 bridgehead atoms. The van der Waals surface area contributed by atoms with Crippen molar-refractivity contribution in [3.05, 3.63) is 30.3 Å². The molecule has 18 heavy (non-hydrogen) atoms. The first-order valence-electron chi connectivity index (χ1n) is 6.51. The monoisotopic (exact) mass is 250 g/mol. The van der Waals surface area contributed by atoms with Crippen molar-refractivity contribution >= 4 is 0 Å². The molecule has 2 rings (SSSR count). The highest BCUT2D eigenvalue weighted by atomic mass is 16.7. The van der Waals surface area contributed by atoms with Crippen LogP contribution in [-0.4, -0.2) is 24.6 Å². The van der Waals surface area contributed by atoms with E-state index in [2.05, 4.69) is 13.8 Å². The third-order valence-corrected chi connectivity index (χ3v) is 3.07. The van der Waals surface area contributed by atoms with Crippen molar-refractivity contribution in [3.8, 4) is 5.75 Å². The molecule has 100 valence electrons. The molecular formula is C15H22O3. The van der Waals surface area contributed by atoms with Gasteiger partial charge in [-0.25, -0.2) is 0 Å². The fourth-order valence-electron chi connectivity index (χ4n) is 2.17. The maximum atomic E-state index is 6.05. The predicted octanol–water partition coefficient (Wildman–Crippen LogP) is 3.24. The summed E-state index contributed by atoms with van der Waals surface area (Å²) in [4.78, 5) is 0. The van der Waals surface area contributed by atoms with Crippen molar-refractivity contribution in [1.82, 2.24) is 0 Å². The Labute approximate surface area is 109 Å². The maximum absolute atomic E-state index is 6.05. The number of benzene rings is 1. The topological polar surface area (TPSA) is 27.7 Å². The Hall–Kier alpha value is -1.06. The van der Waals surface area contributed by atoms with Gasteiger partial charge in [0.2, 0.25) is 0 Å². The second kappa shape index (κ2) is 5.29. The lowest BCUT2D eigenvalue weighted by atomic mass is 10.0. The molecule has 3 nitrogen and oxygen atoms in total. The van der Waals surface area contributed by atoms with E-state index in [9.17, 15) is 0 Å². The molecule has 0 spiro atoms. The predicted molar refractivity (Wildman–Crippen MR) is 70.6 cm³/mol. The SMILES string of the molecule is CC(C)[C@@H](Oc1ccccc1)C1COC(C)(C)O1. The lowest BCUT2D eigenvalue weighted by Gasteiger charge is -2.28. The van der Waals surface area contributed by atoms with E-state index in [0.29, 0.717) is 12.5 Å². The molecule has 1 aliphatic rings. The Kier molecular flexibility index (Phi) is 3.93. The van der Waals surface area contributed by atoms with E-state index in [4.69, 9.17) is 14.2 Å². The molecule has 0 N–H and O–H groups in total. The second-order valence-electron chi connectivity index (χ2n) is 5.51. The Balaban J connectivity index is 2.06. The molecule has 0 radical (unpaired) electrons. The molecule has 1 aromatic rings. The van der Waals surface area contributed by atoms with Crippen molar-refractivity contribution < 1.29 is 14.2 Å². The summed E-state index contributed by atoms with van der Waals surface area (Å²) < 4.78 is 17.6. The minimum absolute atomic E-state index is 0.00850. The first kappa shape index (κ1) is 13.4. The van der Waals surface area contributed by atoms with Gasteiger partial charge in [-0.15, -0.1) is 0 Å². The van der Waals surface area contributed by atoms with Crippen LogP contribution in [0.5, 0.6) is 5.75 Å². The largest absolute Gasteiger partial charge is 0.487 e. The molecule has 0 saturated carbocycles. The first-order valence-corrected chi connectivity index (χ1v) is 6.51. The van der Waals surface area contributed by atoms with Gasteiger partial charge in [0.25, 0.3) is 0 Å². The van der Waals surface area contributed by atoms with E-state index in [-0.39, 0.29) is 12.2 Å². The molecule has 1 unspecified atom stereocenters. The standard InChI is InChI=1S/C15H22O3/c1-11(2)14(13-10-16-15(3,4)18-13)17-12-8-6-5-7-9-12/h5-9,11,13-14H,10H2,1-4H3/t13?,14-/m1/s1. The van der Waals surface area contributed by atoms with Crippen LogP contribution in [0.25, 0.3) is 0 Å². The lowest BCUT2D eigenvalue weighted by molar-refractivity contribution is -0.151. The Morgan fingerprint density at radius 2 is 1.89 bits per heavy atom. The zero-order chi connectivity index (χ0) is 13.2. The van der Waals surface area contributed by atoms with Crippen LogP contribution in [-0.2, 0) is 9.47 Å². The molecule has 0 aliphatic carbocycles. The number of hydrogen-bond donors (Lipinski definition) is 0. The second-order valence-corrected chi connectivity index (χ2v) is 5.51. The van der Waals surface area contributed by atoms with Crippen molar-refractivity contribution in [3.63, 3.8) is 0 Å². The molecule has 1 fully saturated rings. The first-order chi connectivity index (χ1) is 8.48. The minimum Gasteiger partial charge on any atom is -0.487 e. The van der Waals surface area contributed by atoms with E-state index >= 15 is 0 Å². The van der Waals surface area contributed by atoms with E-state index in [1.54, 1.807) is 0 Å². The van der Waals surface area contributed by atoms with Gasteiger partial charge in [-0.05, 0) is 31.9 Å². The van der Waals surface area contributed by atoms with Crippen molar-refractivity contribution in [2.75, 3.05) is 6.61 Å². The van der Waals surface area contributed by atoms with Crippen molar-refractivity contribution in [2.24, 2.45) is 5.92 Å². The zero-order valence-electron chi connectivity index (χ0n) is 11.6. The molecule has 0 aromatic heterocycles. The quantitative estimate of drug-likeness (QED) is 0.821. The van der Waals surface area contributed by atoms with Gasteiger partial charge in [0.15, 0.2) is 5.79 Å². The van der Waals surface area contributed by atoms with Gasteiger partial charge in [-0.3, -0.25) is 0 Å². The van der Waals surface area contributed by atoms with Gasteiger partial charge in [-0.2, -0.15) is 0 Å². The van der Waals surface area contributed by atoms with E-state index in [1.165, 1.54) is 0 Å². The average Bonchev–Trinajstić information content (AvgIpc) is 2.67. The summed E-state index contributed by atoms with van der Waals surface area (Å²) in [6, 6.07) is 9.87. The molecule has 1 heterocycles. The summed E-state index contributed by atoms with van der Waals surface area (Å²) in [6.45, 7) is 8.74. The summed E-state index contributed by atoms with van der Waals surface area (Å²) in [5.74, 6) is 0.745. The summed E-state index contributed by atoms with van der Waals surface area (Å²) in [5.41, 5.74) is 0. The van der Waals surface area contributed by atoms with Crippen LogP contribution in [0.3, 0.4) is 0 Å². The van der Waals surface area contributed by atoms with Crippen LogP contribution in [0.15, 0.2) is 30.3 Å². The van der Waals surface area contributed by atoms with Gasteiger partial charge >= 0.3 is 0 Å². The average molecular weight is 250 g/mol. The minimum atomic E-state index is -0.502. The fourth-order valence-corrected chi connectivity index (χ4v) is 2.17. The summed E-state index contributed by atoms with van der Waals surface area (Å²) in [5, 5.41) is 0. The number of para-hydroxylation sites is 1. The smallest absolute Gasteiger partial charge is 0.163 e. The van der Waals surface area contributed by atoms with Gasteiger partial charge in [0.05, 0.1) is 6.61 Å². The van der Waals surface area contributed by atoms with E-state index < -0.39 is 5.79 Å². The Morgan fingerprint density at radius 3 is 2.39 bits per heavy atom. The molecule has 1 aromatic carbocycles. The number of ether oxygens (including phenoxy) is 3. The molecule has 1 aliphatic heterocycles. The molecule has 3 heteroatoms. The summed E-state index contributed by atoms with van der Waals surface area (Å²) in [7, 11) is 0. The highest BCUT2D eigenvalue weighted by molar-refractivity contribution is 5.21. The van der Waals surface area contributed by atoms with Gasteiger partial charge in [0.1, 0.15) is 18.0 Å². The third kappa shape index (κ3) is 3.24. The molecule has 1 saturated heterocycles. The van der Waals surface area contributed by atoms with Gasteiger partial charge in [0, 0.05) is 0 Å². The highest BCUT2D eigenvalue weighted by Gasteiger charge is 2.39. The summed E-state index contributed by atoms with van der Waals surface area (Å²) >= 11 is 0. The Bertz CT molecular complexity index is 373. The van der Waals surface area contributed by atoms with Crippen LogP contribution in [0.1, 0.15) is 27.7 Å². The van der Waals surface area contributed by atoms with Crippen LogP contribution in [0.2, 0.25) is 0 Å². The molecular weight excluding hydrogens is 228 g/mol. The van der Waals surface area contributed by atoms with Crippen LogP contribution in [0.4, 0.5) is 0 Å². The fraction of sp³-hybridized carbons (Fsp3) is 0.600. The lowest BCUT2D eigenvalue weighted by Crippen LogP contribution is -2.39. The maximum Gasteiger partial charge on any atom is 0.163 e. The van der Waals surface area contributed by atoms with Crippen LogP contribution in [0, 0.1) is 5.92 Å². The normalized spacial score (nSPS) is 24.2. The van der Waals surface area contributed by atoms with E-state index in [0.717, 1.165) is 5.75 Å². The van der Waals surface area contributed by atoms with E-state index in [1.807, 2.05) is 44.2 Å². The van der Waals surface area contributed by atoms with Crippen LogP contribution < -0.4 is 4.74 Å². The molecule has 0 amide bonds. The van der Waals surface area contributed by atoms with Gasteiger partial charge in [-0.1, -0.05) is 32.0 Å². The van der Waals surface area contributed by atoms with Crippen LogP contribution >= 0.6 is 0 Å². The van der Waals surface area contributed by atoms with Crippen molar-refractivity contribution in [1.29, 1.82) is 0 Å². The third-order valence-electron chi connectivity index (χ3n) is 3.07. The zero-order valence-corrected chi connectivity index (χ0v) is 11.6. The van der Waals surface area contributed by atoms with Gasteiger partial charge < -0.3 is 14.2 Å². The number of hydrogen-bond acceptors (Lipinski definition) is 3.